The van der Waals surface area contributed by atoms with E-state index in [4.69, 9.17) is 0 Å². The number of nitrogens with one attached hydrogen (secondary N) is 2. The largest absolute Gasteiger partial charge is 0.367 e. The molecule has 0 aliphatic carbocycles. The first-order chi connectivity index (χ1) is 8.52. The summed E-state index contributed by atoms with van der Waals surface area (Å²) in [5, 5.41) is 5.10. The molecule has 0 radical (unpaired) electrons. The number of hydrogen-bond donors (Lipinski definition) is 2. The van der Waals surface area contributed by atoms with Crippen LogP contribution < -0.4 is 10.9 Å². The van der Waals surface area contributed by atoms with Crippen LogP contribution in [0.3, 0.4) is 0 Å². The zero-order chi connectivity index (χ0) is 13.2. The molecular weight excluding hydrogens is 224 g/mol. The van der Waals surface area contributed by atoms with Gasteiger partial charge in [-0.3, -0.25) is 4.79 Å². The van der Waals surface area contributed by atoms with Crippen LogP contribution in [0.15, 0.2) is 35.1 Å². The number of anilines is 1. The van der Waals surface area contributed by atoms with Crippen molar-refractivity contribution >= 4 is 16.6 Å². The van der Waals surface area contributed by atoms with Gasteiger partial charge in [-0.2, -0.15) is 0 Å². The lowest BCUT2D eigenvalue weighted by Crippen LogP contribution is -2.31. The number of benzene rings is 1. The molecule has 2 rings (SSSR count). The summed E-state index contributed by atoms with van der Waals surface area (Å²) in [6.07, 6.45) is 2.17. The maximum absolute atomic E-state index is 11.9. The summed E-state index contributed by atoms with van der Waals surface area (Å²) in [6.45, 7) is 6.45. The van der Waals surface area contributed by atoms with Crippen molar-refractivity contribution in [1.82, 2.24) is 4.98 Å². The Morgan fingerprint density at radius 2 is 2.00 bits per heavy atom. The highest BCUT2D eigenvalue weighted by Gasteiger charge is 2.16. The minimum atomic E-state index is -0.0390. The van der Waals surface area contributed by atoms with Gasteiger partial charge in [-0.05, 0) is 37.8 Å². The fourth-order valence-corrected chi connectivity index (χ4v) is 2.33. The Bertz CT molecular complexity index is 599. The van der Waals surface area contributed by atoms with Crippen molar-refractivity contribution in [3.05, 3.63) is 40.7 Å². The molecule has 0 amide bonds. The minimum absolute atomic E-state index is 0.0137. The predicted molar refractivity (Wildman–Crippen MR) is 77.2 cm³/mol. The molecule has 96 valence electrons. The van der Waals surface area contributed by atoms with Gasteiger partial charge < -0.3 is 10.3 Å². The van der Waals surface area contributed by atoms with Gasteiger partial charge in [0.15, 0.2) is 0 Å². The Balaban J connectivity index is 2.38. The normalized spacial score (nSPS) is 11.7. The molecule has 1 heterocycles. The molecule has 0 unspecified atom stereocenters. The fourth-order valence-electron chi connectivity index (χ4n) is 2.33. The summed E-state index contributed by atoms with van der Waals surface area (Å²) >= 11 is 0. The third-order valence-electron chi connectivity index (χ3n) is 3.10. The average Bonchev–Trinajstić information content (AvgIpc) is 2.28. The molecule has 3 nitrogen and oxygen atoms in total. The van der Waals surface area contributed by atoms with Crippen molar-refractivity contribution in [2.45, 2.75) is 39.2 Å². The summed E-state index contributed by atoms with van der Waals surface area (Å²) < 4.78 is 0. The first-order valence-electron chi connectivity index (χ1n) is 6.42. The Kier molecular flexibility index (Phi) is 3.41. The first kappa shape index (κ1) is 12.7. The van der Waals surface area contributed by atoms with Gasteiger partial charge in [0.25, 0.3) is 5.56 Å². The molecule has 0 fully saturated rings. The molecule has 2 aromatic rings. The van der Waals surface area contributed by atoms with Gasteiger partial charge in [0, 0.05) is 10.9 Å². The van der Waals surface area contributed by atoms with Gasteiger partial charge in [0.1, 0.15) is 5.82 Å². The van der Waals surface area contributed by atoms with E-state index >= 15 is 0 Å². The standard InChI is InChI=1S/C15H20N2O/c1-4-9-15(2,3)17-13-10-11-7-5-6-8-12(11)14(18)16-13/h5-8,10H,4,9H2,1-3H3,(H2,16,17,18). The second kappa shape index (κ2) is 4.84. The molecule has 0 bridgehead atoms. The van der Waals surface area contributed by atoms with Crippen LogP contribution in [-0.2, 0) is 0 Å². The summed E-state index contributed by atoms with van der Waals surface area (Å²) in [6, 6.07) is 9.63. The van der Waals surface area contributed by atoms with Crippen molar-refractivity contribution in [3.63, 3.8) is 0 Å². The van der Waals surface area contributed by atoms with E-state index in [-0.39, 0.29) is 11.1 Å². The van der Waals surface area contributed by atoms with E-state index in [0.717, 1.165) is 29.4 Å². The highest BCUT2D eigenvalue weighted by molar-refractivity contribution is 5.83. The zero-order valence-corrected chi connectivity index (χ0v) is 11.2. The molecule has 0 atom stereocenters. The maximum Gasteiger partial charge on any atom is 0.257 e. The molecule has 0 saturated carbocycles. The van der Waals surface area contributed by atoms with E-state index in [1.165, 1.54) is 0 Å². The predicted octanol–water partition coefficient (Wildman–Crippen LogP) is 3.52. The average molecular weight is 244 g/mol. The van der Waals surface area contributed by atoms with Gasteiger partial charge >= 0.3 is 0 Å². The van der Waals surface area contributed by atoms with Gasteiger partial charge in [-0.15, -0.1) is 0 Å². The molecule has 0 saturated heterocycles. The third kappa shape index (κ3) is 2.73. The Morgan fingerprint density at radius 3 is 2.72 bits per heavy atom. The molecule has 18 heavy (non-hydrogen) atoms. The molecule has 3 heteroatoms. The van der Waals surface area contributed by atoms with E-state index in [0.29, 0.717) is 0 Å². The first-order valence-corrected chi connectivity index (χ1v) is 6.42. The van der Waals surface area contributed by atoms with Crippen LogP contribution in [0.4, 0.5) is 5.82 Å². The summed E-state index contributed by atoms with van der Waals surface area (Å²) in [4.78, 5) is 14.8. The molecule has 1 aromatic heterocycles. The second-order valence-electron chi connectivity index (χ2n) is 5.36. The van der Waals surface area contributed by atoms with Gasteiger partial charge in [0.05, 0.1) is 0 Å². The highest BCUT2D eigenvalue weighted by atomic mass is 16.1. The van der Waals surface area contributed by atoms with E-state index in [9.17, 15) is 4.79 Å². The molecular formula is C15H20N2O. The molecule has 2 N–H and O–H groups in total. The quantitative estimate of drug-likeness (QED) is 0.864. The fraction of sp³-hybridized carbons (Fsp3) is 0.400. The molecule has 1 aromatic carbocycles. The van der Waals surface area contributed by atoms with E-state index in [1.807, 2.05) is 30.3 Å². The monoisotopic (exact) mass is 244 g/mol. The van der Waals surface area contributed by atoms with Crippen LogP contribution in [0, 0.1) is 0 Å². The summed E-state index contributed by atoms with van der Waals surface area (Å²) in [7, 11) is 0. The van der Waals surface area contributed by atoms with Crippen LogP contribution in [0.25, 0.3) is 10.8 Å². The zero-order valence-electron chi connectivity index (χ0n) is 11.2. The number of rotatable bonds is 4. The molecule has 0 aliphatic rings. The van der Waals surface area contributed by atoms with Crippen molar-refractivity contribution in [3.8, 4) is 0 Å². The molecule has 0 aliphatic heterocycles. The third-order valence-corrected chi connectivity index (χ3v) is 3.10. The number of H-pyrrole nitrogens is 1. The SMILES string of the molecule is CCCC(C)(C)Nc1cc2ccccc2c(=O)[nH]1. The van der Waals surface area contributed by atoms with Crippen molar-refractivity contribution in [2.24, 2.45) is 0 Å². The number of hydrogen-bond acceptors (Lipinski definition) is 2. The van der Waals surface area contributed by atoms with E-state index < -0.39 is 0 Å². The molecule has 0 spiro atoms. The lowest BCUT2D eigenvalue weighted by molar-refractivity contribution is 0.509. The van der Waals surface area contributed by atoms with Gasteiger partial charge in [-0.1, -0.05) is 31.5 Å². The lowest BCUT2D eigenvalue weighted by Gasteiger charge is -2.26. The Labute approximate surface area is 107 Å². The second-order valence-corrected chi connectivity index (χ2v) is 5.36. The number of aromatic nitrogens is 1. The number of aromatic amines is 1. The van der Waals surface area contributed by atoms with Crippen LogP contribution in [0.2, 0.25) is 0 Å². The number of fused-ring (bicyclic) bond motifs is 1. The van der Waals surface area contributed by atoms with Gasteiger partial charge in [-0.25, -0.2) is 0 Å². The van der Waals surface area contributed by atoms with Crippen LogP contribution in [0.5, 0.6) is 0 Å². The summed E-state index contributed by atoms with van der Waals surface area (Å²) in [5.74, 6) is 0.789. The van der Waals surface area contributed by atoms with Crippen molar-refractivity contribution < 1.29 is 0 Å². The van der Waals surface area contributed by atoms with E-state index in [1.54, 1.807) is 0 Å². The lowest BCUT2D eigenvalue weighted by atomic mass is 9.99. The van der Waals surface area contributed by atoms with Crippen LogP contribution in [0.1, 0.15) is 33.6 Å². The Morgan fingerprint density at radius 1 is 1.28 bits per heavy atom. The van der Waals surface area contributed by atoms with Crippen molar-refractivity contribution in [2.75, 3.05) is 5.32 Å². The van der Waals surface area contributed by atoms with Crippen molar-refractivity contribution in [1.29, 1.82) is 0 Å². The minimum Gasteiger partial charge on any atom is -0.367 e. The number of pyridine rings is 1. The maximum atomic E-state index is 11.9. The smallest absolute Gasteiger partial charge is 0.257 e. The highest BCUT2D eigenvalue weighted by Crippen LogP contribution is 2.19. The van der Waals surface area contributed by atoms with Gasteiger partial charge in [0.2, 0.25) is 0 Å². The van der Waals surface area contributed by atoms with Crippen LogP contribution in [-0.4, -0.2) is 10.5 Å². The topological polar surface area (TPSA) is 44.9 Å². The van der Waals surface area contributed by atoms with Crippen LogP contribution >= 0.6 is 0 Å². The Hall–Kier alpha value is -1.77. The van der Waals surface area contributed by atoms with E-state index in [2.05, 4.69) is 31.1 Å². The summed E-state index contributed by atoms with van der Waals surface area (Å²) in [5.41, 5.74) is -0.0527.